The molecule has 3 aliphatic carbocycles. The van der Waals surface area contributed by atoms with Crippen LogP contribution in [0.4, 0.5) is 4.39 Å². The first-order chi connectivity index (χ1) is 12.9. The van der Waals surface area contributed by atoms with E-state index in [0.29, 0.717) is 17.9 Å². The van der Waals surface area contributed by atoms with Gasteiger partial charge in [-0.3, -0.25) is 14.5 Å². The number of amides is 1. The number of carboxylic acids is 1. The quantitative estimate of drug-likeness (QED) is 0.697. The largest absolute Gasteiger partial charge is 0.480 e. The van der Waals surface area contributed by atoms with Gasteiger partial charge in [-0.15, -0.1) is 0 Å². The van der Waals surface area contributed by atoms with Crippen LogP contribution < -0.4 is 5.32 Å². The molecule has 0 radical (unpaired) electrons. The molecule has 0 aromatic heterocycles. The number of hydrogen-bond donors (Lipinski definition) is 2. The summed E-state index contributed by atoms with van der Waals surface area (Å²) in [7, 11) is 0. The fourth-order valence-corrected chi connectivity index (χ4v) is 4.13. The second kappa shape index (κ2) is 7.23. The van der Waals surface area contributed by atoms with Crippen molar-refractivity contribution in [3.05, 3.63) is 35.6 Å². The monoisotopic (exact) mass is 374 g/mol. The lowest BCUT2D eigenvalue weighted by molar-refractivity contribution is -0.140. The predicted molar refractivity (Wildman–Crippen MR) is 98.7 cm³/mol. The van der Waals surface area contributed by atoms with Crippen molar-refractivity contribution in [2.45, 2.75) is 57.0 Å². The average molecular weight is 374 g/mol. The third-order valence-corrected chi connectivity index (χ3v) is 6.31. The van der Waals surface area contributed by atoms with Crippen LogP contribution in [0.1, 0.15) is 44.1 Å². The van der Waals surface area contributed by atoms with E-state index in [4.69, 9.17) is 5.11 Å². The topological polar surface area (TPSA) is 69.6 Å². The number of aliphatic carboxylic acids is 1. The number of carbonyl (C=O) groups is 2. The molecule has 2 N–H and O–H groups in total. The first kappa shape index (κ1) is 18.4. The van der Waals surface area contributed by atoms with Gasteiger partial charge in [0.1, 0.15) is 5.82 Å². The van der Waals surface area contributed by atoms with E-state index in [1.807, 2.05) is 0 Å². The van der Waals surface area contributed by atoms with Crippen LogP contribution in [-0.2, 0) is 16.0 Å². The van der Waals surface area contributed by atoms with Crippen LogP contribution in [0.5, 0.6) is 0 Å². The van der Waals surface area contributed by atoms with E-state index in [0.717, 1.165) is 32.2 Å². The lowest BCUT2D eigenvalue weighted by Gasteiger charge is -2.43. The number of benzene rings is 1. The lowest BCUT2D eigenvalue weighted by atomic mass is 9.84. The molecule has 0 heterocycles. The van der Waals surface area contributed by atoms with Gasteiger partial charge in [0, 0.05) is 18.6 Å². The summed E-state index contributed by atoms with van der Waals surface area (Å²) in [5, 5.41) is 12.3. The van der Waals surface area contributed by atoms with Gasteiger partial charge >= 0.3 is 5.97 Å². The Morgan fingerprint density at radius 2 is 1.93 bits per heavy atom. The summed E-state index contributed by atoms with van der Waals surface area (Å²) < 4.78 is 13.9. The van der Waals surface area contributed by atoms with E-state index in [1.54, 1.807) is 18.2 Å². The van der Waals surface area contributed by atoms with Gasteiger partial charge in [0.25, 0.3) is 0 Å². The van der Waals surface area contributed by atoms with Gasteiger partial charge in [-0.2, -0.15) is 0 Å². The van der Waals surface area contributed by atoms with Crippen molar-refractivity contribution in [1.82, 2.24) is 10.2 Å². The molecular weight excluding hydrogens is 347 g/mol. The fraction of sp³-hybridized carbons (Fsp3) is 0.619. The molecule has 0 spiro atoms. The number of carboxylic acid groups (broad SMARTS) is 1. The molecule has 6 heteroatoms. The Morgan fingerprint density at radius 1 is 1.22 bits per heavy atom. The number of nitrogens with one attached hydrogen (secondary N) is 1. The van der Waals surface area contributed by atoms with E-state index in [-0.39, 0.29) is 30.4 Å². The normalized spacial score (nSPS) is 25.7. The molecule has 1 aromatic rings. The van der Waals surface area contributed by atoms with Gasteiger partial charge in [-0.05, 0) is 62.5 Å². The molecule has 146 valence electrons. The zero-order valence-corrected chi connectivity index (χ0v) is 15.5. The van der Waals surface area contributed by atoms with E-state index < -0.39 is 11.4 Å². The number of nitrogens with zero attached hydrogens (tertiary/aromatic N) is 1. The SMILES string of the molecule is O=C(O)CN(CC1CC1)C1CC(NC(=O)C2(Cc3ccccc3F)CC2)C1. The van der Waals surface area contributed by atoms with Crippen LogP contribution in [0.25, 0.3) is 0 Å². The molecule has 0 saturated heterocycles. The van der Waals surface area contributed by atoms with E-state index in [2.05, 4.69) is 10.2 Å². The molecule has 0 unspecified atom stereocenters. The van der Waals surface area contributed by atoms with Gasteiger partial charge in [0.2, 0.25) is 5.91 Å². The van der Waals surface area contributed by atoms with Crippen molar-refractivity contribution in [3.8, 4) is 0 Å². The van der Waals surface area contributed by atoms with Gasteiger partial charge in [0.15, 0.2) is 0 Å². The number of rotatable bonds is 9. The summed E-state index contributed by atoms with van der Waals surface area (Å²) in [4.78, 5) is 25.9. The van der Waals surface area contributed by atoms with Crippen LogP contribution in [-0.4, -0.2) is 47.1 Å². The molecular formula is C21H27FN2O3. The summed E-state index contributed by atoms with van der Waals surface area (Å²) in [6.45, 7) is 0.938. The summed E-state index contributed by atoms with van der Waals surface area (Å²) in [5.74, 6) is -0.357. The first-order valence-corrected chi connectivity index (χ1v) is 9.95. The summed E-state index contributed by atoms with van der Waals surface area (Å²) in [6.07, 6.45) is 6.06. The fourth-order valence-electron chi connectivity index (χ4n) is 4.13. The molecule has 3 saturated carbocycles. The smallest absolute Gasteiger partial charge is 0.317 e. The minimum Gasteiger partial charge on any atom is -0.480 e. The Labute approximate surface area is 158 Å². The highest BCUT2D eigenvalue weighted by Gasteiger charge is 2.51. The van der Waals surface area contributed by atoms with Crippen LogP contribution in [0.15, 0.2) is 24.3 Å². The average Bonchev–Trinajstić information content (AvgIpc) is 3.48. The molecule has 4 rings (SSSR count). The summed E-state index contributed by atoms with van der Waals surface area (Å²) >= 11 is 0. The predicted octanol–water partition coefficient (Wildman–Crippen LogP) is 2.59. The van der Waals surface area contributed by atoms with E-state index in [9.17, 15) is 14.0 Å². The molecule has 27 heavy (non-hydrogen) atoms. The summed E-state index contributed by atoms with van der Waals surface area (Å²) in [6, 6.07) is 7.02. The Kier molecular flexibility index (Phi) is 4.93. The number of halogens is 1. The van der Waals surface area contributed by atoms with Crippen molar-refractivity contribution < 1.29 is 19.1 Å². The Hall–Kier alpha value is -1.95. The Bertz CT molecular complexity index is 724. The second-order valence-corrected chi connectivity index (χ2v) is 8.61. The zero-order chi connectivity index (χ0) is 19.0. The van der Waals surface area contributed by atoms with Crippen LogP contribution in [0.3, 0.4) is 0 Å². The molecule has 5 nitrogen and oxygen atoms in total. The highest BCUT2D eigenvalue weighted by atomic mass is 19.1. The third-order valence-electron chi connectivity index (χ3n) is 6.31. The van der Waals surface area contributed by atoms with Crippen molar-refractivity contribution in [3.63, 3.8) is 0 Å². The minimum atomic E-state index is -0.787. The van der Waals surface area contributed by atoms with Crippen molar-refractivity contribution in [2.75, 3.05) is 13.1 Å². The molecule has 1 amide bonds. The number of hydrogen-bond acceptors (Lipinski definition) is 3. The van der Waals surface area contributed by atoms with Crippen LogP contribution in [0, 0.1) is 17.2 Å². The Morgan fingerprint density at radius 3 is 2.52 bits per heavy atom. The molecule has 0 atom stereocenters. The van der Waals surface area contributed by atoms with Crippen LogP contribution >= 0.6 is 0 Å². The Balaban J connectivity index is 1.28. The van der Waals surface area contributed by atoms with Crippen LogP contribution in [0.2, 0.25) is 0 Å². The molecule has 1 aromatic carbocycles. The molecule has 0 aliphatic heterocycles. The third kappa shape index (κ3) is 4.32. The minimum absolute atomic E-state index is 0.0289. The molecule has 3 fully saturated rings. The zero-order valence-electron chi connectivity index (χ0n) is 15.5. The van der Waals surface area contributed by atoms with Gasteiger partial charge in [0.05, 0.1) is 12.0 Å². The van der Waals surface area contributed by atoms with Gasteiger partial charge < -0.3 is 10.4 Å². The van der Waals surface area contributed by atoms with E-state index in [1.165, 1.54) is 18.9 Å². The second-order valence-electron chi connectivity index (χ2n) is 8.61. The van der Waals surface area contributed by atoms with Crippen molar-refractivity contribution in [2.24, 2.45) is 11.3 Å². The highest BCUT2D eigenvalue weighted by Crippen LogP contribution is 2.49. The van der Waals surface area contributed by atoms with Gasteiger partial charge in [-0.1, -0.05) is 18.2 Å². The standard InChI is InChI=1S/C21H27FN2O3/c22-18-4-2-1-3-15(18)11-21(7-8-21)20(27)23-16-9-17(10-16)24(13-19(25)26)12-14-5-6-14/h1-4,14,16-17H,5-13H2,(H,23,27)(H,25,26). The maximum atomic E-state index is 13.9. The lowest BCUT2D eigenvalue weighted by Crippen LogP contribution is -2.56. The molecule has 3 aliphatic rings. The summed E-state index contributed by atoms with van der Waals surface area (Å²) in [5.41, 5.74) is 0.149. The maximum absolute atomic E-state index is 13.9. The van der Waals surface area contributed by atoms with Gasteiger partial charge in [-0.25, -0.2) is 4.39 Å². The van der Waals surface area contributed by atoms with Crippen molar-refractivity contribution >= 4 is 11.9 Å². The van der Waals surface area contributed by atoms with Crippen molar-refractivity contribution in [1.29, 1.82) is 0 Å². The highest BCUT2D eigenvalue weighted by molar-refractivity contribution is 5.86. The number of carbonyl (C=O) groups excluding carboxylic acids is 1. The maximum Gasteiger partial charge on any atom is 0.317 e. The first-order valence-electron chi connectivity index (χ1n) is 9.95. The van der Waals surface area contributed by atoms with E-state index >= 15 is 0 Å². The molecule has 0 bridgehead atoms.